The number of hydrogen-bond donors (Lipinski definition) is 2. The van der Waals surface area contributed by atoms with Crippen LogP contribution in [0.25, 0.3) is 0 Å². The molecule has 19 heavy (non-hydrogen) atoms. The minimum atomic E-state index is -0.182. The smallest absolute Gasteiger partial charge is 0.133 e. The molecule has 1 aromatic carbocycles. The number of rotatable bonds is 3. The molecule has 2 rings (SSSR count). The maximum absolute atomic E-state index is 14.6. The van der Waals surface area contributed by atoms with Crippen LogP contribution in [-0.2, 0) is 12.8 Å². The van der Waals surface area contributed by atoms with Crippen molar-refractivity contribution in [2.45, 2.75) is 51.9 Å². The first kappa shape index (κ1) is 14.3. The lowest BCUT2D eigenvalue weighted by Gasteiger charge is -2.16. The number of phenols is 1. The Morgan fingerprint density at radius 3 is 2.68 bits per heavy atom. The number of halogens is 1. The van der Waals surface area contributed by atoms with Gasteiger partial charge in [-0.25, -0.2) is 4.39 Å². The molecule has 0 spiro atoms. The Bertz CT molecular complexity index is 457. The Kier molecular flexibility index (Phi) is 4.46. The minimum Gasteiger partial charge on any atom is -0.508 e. The largest absolute Gasteiger partial charge is 0.508 e. The molecule has 1 aliphatic rings. The van der Waals surface area contributed by atoms with Gasteiger partial charge in [-0.2, -0.15) is 0 Å². The maximum Gasteiger partial charge on any atom is 0.133 e. The van der Waals surface area contributed by atoms with Gasteiger partial charge in [0.05, 0.1) is 0 Å². The molecule has 0 fully saturated rings. The molecule has 1 aromatic rings. The van der Waals surface area contributed by atoms with E-state index < -0.39 is 0 Å². The molecule has 2 nitrogen and oxygen atoms in total. The molecule has 0 aliphatic heterocycles. The fourth-order valence-corrected chi connectivity index (χ4v) is 3.17. The summed E-state index contributed by atoms with van der Waals surface area (Å²) in [6.07, 6.45) is 4.68. The van der Waals surface area contributed by atoms with E-state index in [0.717, 1.165) is 43.2 Å². The number of aromatic hydroxyl groups is 1. The standard InChI is InChI=1S/C16H24FNO/c1-10(2)15-14(19)9-12-5-3-11(7-8-18)4-6-13(12)16(15)17/h9-11,19H,3-8,18H2,1-2H3. The van der Waals surface area contributed by atoms with E-state index in [1.165, 1.54) is 0 Å². The van der Waals surface area contributed by atoms with E-state index in [1.807, 2.05) is 13.8 Å². The van der Waals surface area contributed by atoms with Crippen molar-refractivity contribution < 1.29 is 9.50 Å². The Morgan fingerprint density at radius 1 is 1.37 bits per heavy atom. The van der Waals surface area contributed by atoms with Crippen molar-refractivity contribution in [2.24, 2.45) is 11.7 Å². The molecule has 1 aliphatic carbocycles. The first-order valence-electron chi connectivity index (χ1n) is 7.27. The van der Waals surface area contributed by atoms with Crippen LogP contribution in [0.5, 0.6) is 5.75 Å². The van der Waals surface area contributed by atoms with E-state index in [2.05, 4.69) is 0 Å². The van der Waals surface area contributed by atoms with Gasteiger partial charge in [0.15, 0.2) is 0 Å². The summed E-state index contributed by atoms with van der Waals surface area (Å²) in [6.45, 7) is 4.53. The van der Waals surface area contributed by atoms with Crippen molar-refractivity contribution in [2.75, 3.05) is 6.54 Å². The summed E-state index contributed by atoms with van der Waals surface area (Å²) < 4.78 is 14.6. The van der Waals surface area contributed by atoms with Crippen LogP contribution < -0.4 is 5.73 Å². The SMILES string of the molecule is CC(C)c1c(O)cc2c(c1F)CCC(CCN)CC2. The van der Waals surface area contributed by atoms with Crippen molar-refractivity contribution in [3.63, 3.8) is 0 Å². The molecule has 0 radical (unpaired) electrons. The predicted molar refractivity (Wildman–Crippen MR) is 76.0 cm³/mol. The normalized spacial score (nSPS) is 19.3. The topological polar surface area (TPSA) is 46.2 Å². The van der Waals surface area contributed by atoms with Crippen molar-refractivity contribution in [1.29, 1.82) is 0 Å². The maximum atomic E-state index is 14.6. The van der Waals surface area contributed by atoms with Crippen LogP contribution in [0, 0.1) is 11.7 Å². The summed E-state index contributed by atoms with van der Waals surface area (Å²) >= 11 is 0. The Balaban J connectivity index is 2.34. The molecule has 0 bridgehead atoms. The van der Waals surface area contributed by atoms with Gasteiger partial charge >= 0.3 is 0 Å². The van der Waals surface area contributed by atoms with Gasteiger partial charge in [-0.15, -0.1) is 0 Å². The molecule has 1 atom stereocenters. The highest BCUT2D eigenvalue weighted by Gasteiger charge is 2.23. The quantitative estimate of drug-likeness (QED) is 0.822. The first-order chi connectivity index (χ1) is 9.04. The molecule has 3 N–H and O–H groups in total. The van der Waals surface area contributed by atoms with E-state index >= 15 is 0 Å². The van der Waals surface area contributed by atoms with E-state index in [4.69, 9.17) is 5.73 Å². The van der Waals surface area contributed by atoms with Crippen molar-refractivity contribution in [3.8, 4) is 5.75 Å². The highest BCUT2D eigenvalue weighted by Crippen LogP contribution is 2.36. The lowest BCUT2D eigenvalue weighted by molar-refractivity contribution is 0.436. The van der Waals surface area contributed by atoms with Gasteiger partial charge < -0.3 is 10.8 Å². The summed E-state index contributed by atoms with van der Waals surface area (Å²) in [7, 11) is 0. The zero-order chi connectivity index (χ0) is 14.0. The van der Waals surface area contributed by atoms with E-state index in [9.17, 15) is 9.50 Å². The van der Waals surface area contributed by atoms with E-state index in [0.29, 0.717) is 18.0 Å². The summed E-state index contributed by atoms with van der Waals surface area (Å²) in [5, 5.41) is 10.0. The van der Waals surface area contributed by atoms with Gasteiger partial charge in [0, 0.05) is 5.56 Å². The van der Waals surface area contributed by atoms with Crippen LogP contribution in [0.15, 0.2) is 6.07 Å². The molecule has 0 saturated heterocycles. The third-order valence-electron chi connectivity index (χ3n) is 4.25. The molecule has 0 heterocycles. The van der Waals surface area contributed by atoms with Gasteiger partial charge in [-0.3, -0.25) is 0 Å². The Labute approximate surface area is 114 Å². The number of fused-ring (bicyclic) bond motifs is 1. The molecule has 0 aromatic heterocycles. The number of aryl methyl sites for hydroxylation is 1. The second-order valence-electron chi connectivity index (χ2n) is 5.94. The number of benzene rings is 1. The van der Waals surface area contributed by atoms with Gasteiger partial charge in [-0.05, 0) is 67.7 Å². The van der Waals surface area contributed by atoms with Crippen LogP contribution in [0.4, 0.5) is 4.39 Å². The Morgan fingerprint density at radius 2 is 2.05 bits per heavy atom. The monoisotopic (exact) mass is 265 g/mol. The molecule has 106 valence electrons. The highest BCUT2D eigenvalue weighted by molar-refractivity contribution is 5.45. The highest BCUT2D eigenvalue weighted by atomic mass is 19.1. The fraction of sp³-hybridized carbons (Fsp3) is 0.625. The van der Waals surface area contributed by atoms with Crippen LogP contribution in [-0.4, -0.2) is 11.7 Å². The first-order valence-corrected chi connectivity index (χ1v) is 7.27. The fourth-order valence-electron chi connectivity index (χ4n) is 3.17. The summed E-state index contributed by atoms with van der Waals surface area (Å²) in [5.41, 5.74) is 7.89. The van der Waals surface area contributed by atoms with E-state index in [-0.39, 0.29) is 17.5 Å². The van der Waals surface area contributed by atoms with Crippen LogP contribution in [0.2, 0.25) is 0 Å². The second-order valence-corrected chi connectivity index (χ2v) is 5.94. The lowest BCUT2D eigenvalue weighted by atomic mass is 9.93. The second kappa shape index (κ2) is 5.91. The lowest BCUT2D eigenvalue weighted by Crippen LogP contribution is -2.09. The predicted octanol–water partition coefficient (Wildman–Crippen LogP) is 3.50. The Hall–Kier alpha value is -1.09. The van der Waals surface area contributed by atoms with Gasteiger partial charge in [-0.1, -0.05) is 13.8 Å². The minimum absolute atomic E-state index is 0.00777. The third-order valence-corrected chi connectivity index (χ3v) is 4.25. The number of phenolic OH excluding ortho intramolecular Hbond substituents is 1. The van der Waals surface area contributed by atoms with Crippen LogP contribution in [0.3, 0.4) is 0 Å². The molecule has 3 heteroatoms. The van der Waals surface area contributed by atoms with Gasteiger partial charge in [0.1, 0.15) is 11.6 Å². The molecule has 0 saturated carbocycles. The number of nitrogens with two attached hydrogens (primary N) is 1. The zero-order valence-corrected chi connectivity index (χ0v) is 11.9. The average Bonchev–Trinajstić information content (AvgIpc) is 2.52. The van der Waals surface area contributed by atoms with E-state index in [1.54, 1.807) is 6.07 Å². The van der Waals surface area contributed by atoms with Gasteiger partial charge in [0.25, 0.3) is 0 Å². The van der Waals surface area contributed by atoms with Crippen molar-refractivity contribution >= 4 is 0 Å². The zero-order valence-electron chi connectivity index (χ0n) is 11.9. The average molecular weight is 265 g/mol. The summed E-state index contributed by atoms with van der Waals surface area (Å²) in [4.78, 5) is 0. The van der Waals surface area contributed by atoms with Crippen molar-refractivity contribution in [3.05, 3.63) is 28.6 Å². The molecular weight excluding hydrogens is 241 g/mol. The molecular formula is C16H24FNO. The third kappa shape index (κ3) is 2.92. The van der Waals surface area contributed by atoms with Crippen LogP contribution >= 0.6 is 0 Å². The molecule has 1 unspecified atom stereocenters. The summed E-state index contributed by atoms with van der Waals surface area (Å²) in [6, 6.07) is 1.78. The molecule has 0 amide bonds. The van der Waals surface area contributed by atoms with Gasteiger partial charge in [0.2, 0.25) is 0 Å². The van der Waals surface area contributed by atoms with Crippen molar-refractivity contribution in [1.82, 2.24) is 0 Å². The summed E-state index contributed by atoms with van der Waals surface area (Å²) in [5.74, 6) is 0.525. The van der Waals surface area contributed by atoms with Crippen LogP contribution in [0.1, 0.15) is 55.7 Å². The number of hydrogen-bond acceptors (Lipinski definition) is 2.